The number of hydrogen-bond acceptors (Lipinski definition) is 5. The largest absolute Gasteiger partial charge is 0.455 e. The summed E-state index contributed by atoms with van der Waals surface area (Å²) >= 11 is 0. The van der Waals surface area contributed by atoms with Crippen LogP contribution in [0.2, 0.25) is 5.04 Å². The molecule has 0 amide bonds. The van der Waals surface area contributed by atoms with Crippen molar-refractivity contribution in [2.24, 2.45) is 5.41 Å². The molecule has 0 bridgehead atoms. The van der Waals surface area contributed by atoms with Gasteiger partial charge in [-0.25, -0.2) is 0 Å². The van der Waals surface area contributed by atoms with Crippen LogP contribution < -0.4 is 10.4 Å². The highest BCUT2D eigenvalue weighted by Gasteiger charge is 2.50. The number of nitrogens with zero attached hydrogens (tertiary/aromatic N) is 2. The van der Waals surface area contributed by atoms with Crippen LogP contribution in [0.3, 0.4) is 0 Å². The lowest BCUT2D eigenvalue weighted by Gasteiger charge is -2.42. The van der Waals surface area contributed by atoms with Gasteiger partial charge in [0.2, 0.25) is 0 Å². The number of esters is 1. The van der Waals surface area contributed by atoms with E-state index >= 15 is 0 Å². The molecule has 38 heavy (non-hydrogen) atoms. The Morgan fingerprint density at radius 1 is 0.868 bits per heavy atom. The van der Waals surface area contributed by atoms with E-state index in [0.717, 1.165) is 15.9 Å². The molecule has 0 aliphatic carbocycles. The summed E-state index contributed by atoms with van der Waals surface area (Å²) in [4.78, 5) is 12.0. The molecule has 0 aliphatic rings. The summed E-state index contributed by atoms with van der Waals surface area (Å²) < 4.78 is 12.4. The van der Waals surface area contributed by atoms with E-state index in [9.17, 15) is 15.3 Å². The predicted molar refractivity (Wildman–Crippen MR) is 152 cm³/mol. The van der Waals surface area contributed by atoms with E-state index in [-0.39, 0.29) is 18.1 Å². The van der Waals surface area contributed by atoms with Crippen LogP contribution in [0.1, 0.15) is 33.3 Å². The molecule has 0 unspecified atom stereocenters. The second kappa shape index (κ2) is 12.5. The van der Waals surface area contributed by atoms with Crippen molar-refractivity contribution >= 4 is 24.7 Å². The first-order chi connectivity index (χ1) is 18.2. The molecule has 0 N–H and O–H groups in total. The number of benzene rings is 3. The number of carbonyl (C=O) groups is 1. The van der Waals surface area contributed by atoms with Gasteiger partial charge in [0.25, 0.3) is 8.32 Å². The van der Waals surface area contributed by atoms with E-state index in [1.165, 1.54) is 6.92 Å². The molecule has 0 fully saturated rings. The van der Waals surface area contributed by atoms with Crippen LogP contribution in [-0.4, -0.2) is 27.0 Å². The summed E-state index contributed by atoms with van der Waals surface area (Å²) in [5.41, 5.74) is -0.772. The van der Waals surface area contributed by atoms with E-state index in [1.54, 1.807) is 12.2 Å². The zero-order valence-corrected chi connectivity index (χ0v) is 23.4. The SMILES string of the molecule is CC(=O)O[C@H](/C=C/CO[Si](c1ccccc1)(c1ccccc1)C(C)(C)C)C(C#N)(C#N)Cc1ccccc1. The minimum Gasteiger partial charge on any atom is -0.455 e. The first-order valence-electron chi connectivity index (χ1n) is 12.6. The van der Waals surface area contributed by atoms with Gasteiger partial charge in [0.1, 0.15) is 0 Å². The van der Waals surface area contributed by atoms with Crippen LogP contribution in [0, 0.1) is 28.1 Å². The first-order valence-corrected chi connectivity index (χ1v) is 14.5. The molecular weight excluding hydrogens is 488 g/mol. The average Bonchev–Trinajstić information content (AvgIpc) is 2.92. The molecule has 0 saturated carbocycles. The molecule has 194 valence electrons. The van der Waals surface area contributed by atoms with Crippen LogP contribution in [-0.2, 0) is 20.4 Å². The topological polar surface area (TPSA) is 83.1 Å². The van der Waals surface area contributed by atoms with E-state index in [4.69, 9.17) is 9.16 Å². The van der Waals surface area contributed by atoms with Crippen LogP contribution in [0.15, 0.2) is 103 Å². The van der Waals surface area contributed by atoms with Crippen molar-refractivity contribution in [3.05, 3.63) is 109 Å². The van der Waals surface area contributed by atoms with Crippen molar-refractivity contribution in [3.8, 4) is 12.1 Å². The van der Waals surface area contributed by atoms with Crippen LogP contribution in [0.5, 0.6) is 0 Å². The van der Waals surface area contributed by atoms with Crippen molar-refractivity contribution in [2.75, 3.05) is 6.61 Å². The molecule has 1 atom stereocenters. The lowest BCUT2D eigenvalue weighted by Crippen LogP contribution is -2.66. The molecule has 0 aliphatic heterocycles. The standard InChI is InChI=1S/C32H34N2O3Si/c1-26(35)37-30(32(24-33,25-34)23-27-15-8-5-9-16-27)21-14-22-36-38(31(2,3)4,28-17-10-6-11-18-28)29-19-12-7-13-20-29/h5-21,30H,22-23H2,1-4H3/b21-14+/t30-/m1/s1. The van der Waals surface area contributed by atoms with Gasteiger partial charge in [-0.1, -0.05) is 118 Å². The first kappa shape index (κ1) is 28.6. The summed E-state index contributed by atoms with van der Waals surface area (Å²) in [6.45, 7) is 8.09. The van der Waals surface area contributed by atoms with E-state index in [2.05, 4.69) is 57.2 Å². The second-order valence-corrected chi connectivity index (χ2v) is 14.6. The average molecular weight is 523 g/mol. The highest BCUT2D eigenvalue weighted by atomic mass is 28.4. The van der Waals surface area contributed by atoms with Crippen molar-refractivity contribution in [2.45, 2.75) is 45.3 Å². The molecule has 6 heteroatoms. The Morgan fingerprint density at radius 3 is 1.76 bits per heavy atom. The minimum absolute atomic E-state index is 0.124. The summed E-state index contributed by atoms with van der Waals surface area (Å²) in [5, 5.41) is 22.3. The number of rotatable bonds is 10. The summed E-state index contributed by atoms with van der Waals surface area (Å²) in [7, 11) is -2.77. The molecule has 0 aromatic heterocycles. The smallest absolute Gasteiger partial charge is 0.303 e. The molecule has 5 nitrogen and oxygen atoms in total. The monoisotopic (exact) mass is 522 g/mol. The normalized spacial score (nSPS) is 12.9. The maximum atomic E-state index is 12.0. The fraction of sp³-hybridized carbons (Fsp3) is 0.281. The highest BCUT2D eigenvalue weighted by molar-refractivity contribution is 6.99. The summed E-state index contributed by atoms with van der Waals surface area (Å²) in [5.74, 6) is -0.560. The third-order valence-corrected chi connectivity index (χ3v) is 11.6. The third kappa shape index (κ3) is 6.29. The molecule has 3 rings (SSSR count). The molecule has 0 spiro atoms. The van der Waals surface area contributed by atoms with Gasteiger partial charge in [0.15, 0.2) is 11.5 Å². The zero-order valence-electron chi connectivity index (χ0n) is 22.4. The van der Waals surface area contributed by atoms with Crippen molar-refractivity contribution in [1.29, 1.82) is 10.5 Å². The van der Waals surface area contributed by atoms with E-state index in [0.29, 0.717) is 0 Å². The van der Waals surface area contributed by atoms with Gasteiger partial charge in [-0.2, -0.15) is 10.5 Å². The quantitative estimate of drug-likeness (QED) is 0.204. The van der Waals surface area contributed by atoms with Crippen LogP contribution in [0.4, 0.5) is 0 Å². The Morgan fingerprint density at radius 2 is 1.34 bits per heavy atom. The number of ether oxygens (including phenoxy) is 1. The third-order valence-electron chi connectivity index (χ3n) is 6.63. The lowest BCUT2D eigenvalue weighted by molar-refractivity contribution is -0.146. The van der Waals surface area contributed by atoms with Crippen molar-refractivity contribution in [3.63, 3.8) is 0 Å². The second-order valence-electron chi connectivity index (χ2n) is 10.3. The van der Waals surface area contributed by atoms with Gasteiger partial charge in [-0.3, -0.25) is 4.79 Å². The van der Waals surface area contributed by atoms with Gasteiger partial charge in [0.05, 0.1) is 18.7 Å². The molecular formula is C32H34N2O3Si. The van der Waals surface area contributed by atoms with Crippen LogP contribution >= 0.6 is 0 Å². The molecule has 3 aromatic carbocycles. The minimum atomic E-state index is -2.77. The summed E-state index contributed by atoms with van der Waals surface area (Å²) in [6.07, 6.45) is 2.45. The Bertz CT molecular complexity index is 1250. The van der Waals surface area contributed by atoms with E-state index < -0.39 is 25.8 Å². The number of hydrogen-bond donors (Lipinski definition) is 0. The maximum Gasteiger partial charge on any atom is 0.303 e. The van der Waals surface area contributed by atoms with Gasteiger partial charge < -0.3 is 9.16 Å². The molecule has 0 heterocycles. The number of nitriles is 2. The van der Waals surface area contributed by atoms with Crippen molar-refractivity contribution in [1.82, 2.24) is 0 Å². The maximum absolute atomic E-state index is 12.0. The molecule has 0 radical (unpaired) electrons. The molecule has 3 aromatic rings. The lowest BCUT2D eigenvalue weighted by atomic mass is 9.79. The zero-order chi connectivity index (χ0) is 27.7. The van der Waals surface area contributed by atoms with Gasteiger partial charge in [0, 0.05) is 13.3 Å². The summed E-state index contributed by atoms with van der Waals surface area (Å²) in [6, 6.07) is 34.1. The van der Waals surface area contributed by atoms with Gasteiger partial charge in [-0.15, -0.1) is 0 Å². The van der Waals surface area contributed by atoms with Gasteiger partial charge in [-0.05, 0) is 27.1 Å². The Labute approximate surface area is 227 Å². The van der Waals surface area contributed by atoms with Crippen LogP contribution in [0.25, 0.3) is 0 Å². The Hall–Kier alpha value is -3.97. The Kier molecular flexibility index (Phi) is 9.42. The highest BCUT2D eigenvalue weighted by Crippen LogP contribution is 2.37. The Balaban J connectivity index is 1.97. The fourth-order valence-corrected chi connectivity index (χ4v) is 9.35. The van der Waals surface area contributed by atoms with E-state index in [1.807, 2.05) is 66.7 Å². The van der Waals surface area contributed by atoms with Crippen molar-refractivity contribution < 1.29 is 14.0 Å². The van der Waals surface area contributed by atoms with Gasteiger partial charge >= 0.3 is 5.97 Å². The number of carbonyl (C=O) groups excluding carboxylic acids is 1. The fourth-order valence-electron chi connectivity index (χ4n) is 4.85. The molecule has 0 saturated heterocycles. The predicted octanol–water partition coefficient (Wildman–Crippen LogP) is 5.33.